The van der Waals surface area contributed by atoms with E-state index in [0.717, 1.165) is 10.4 Å². The minimum absolute atomic E-state index is 0.0136. The van der Waals surface area contributed by atoms with Crippen LogP contribution < -0.4 is 5.32 Å². The summed E-state index contributed by atoms with van der Waals surface area (Å²) in [6.45, 7) is 3.27. The zero-order chi connectivity index (χ0) is 18.4. The molecule has 0 spiro atoms. The van der Waals surface area contributed by atoms with Crippen LogP contribution in [0.2, 0.25) is 0 Å². The summed E-state index contributed by atoms with van der Waals surface area (Å²) >= 11 is 1.65. The fourth-order valence-electron chi connectivity index (χ4n) is 3.14. The standard InChI is InChI=1S/C21H24N2O2S/c1-16(19-8-5-15-26-19)22-21(25)18-11-13-23(14-12-18)20(24)10-9-17-6-3-2-4-7-17/h2-10,15-16,18H,11-14H2,1H3,(H,22,25)/b10-9+. The van der Waals surface area contributed by atoms with Gasteiger partial charge in [-0.05, 0) is 42.9 Å². The number of hydrogen-bond donors (Lipinski definition) is 1. The van der Waals surface area contributed by atoms with Gasteiger partial charge >= 0.3 is 0 Å². The number of amides is 2. The highest BCUT2D eigenvalue weighted by Crippen LogP contribution is 2.22. The summed E-state index contributed by atoms with van der Waals surface area (Å²) in [5, 5.41) is 5.12. The van der Waals surface area contributed by atoms with Gasteiger partial charge in [0.15, 0.2) is 0 Å². The lowest BCUT2D eigenvalue weighted by molar-refractivity contribution is -0.132. The van der Waals surface area contributed by atoms with E-state index in [1.165, 1.54) is 0 Å². The van der Waals surface area contributed by atoms with E-state index >= 15 is 0 Å². The summed E-state index contributed by atoms with van der Waals surface area (Å²) in [6.07, 6.45) is 4.89. The Bertz CT molecular complexity index is 748. The molecule has 1 N–H and O–H groups in total. The van der Waals surface area contributed by atoms with Crippen LogP contribution in [-0.2, 0) is 9.59 Å². The molecular formula is C21H24N2O2S. The van der Waals surface area contributed by atoms with Crippen molar-refractivity contribution in [3.8, 4) is 0 Å². The second-order valence-corrected chi connectivity index (χ2v) is 7.57. The highest BCUT2D eigenvalue weighted by molar-refractivity contribution is 7.10. The fraction of sp³-hybridized carbons (Fsp3) is 0.333. The molecule has 0 aliphatic carbocycles. The van der Waals surface area contributed by atoms with Gasteiger partial charge in [-0.2, -0.15) is 0 Å². The molecular weight excluding hydrogens is 344 g/mol. The van der Waals surface area contributed by atoms with Crippen LogP contribution >= 0.6 is 11.3 Å². The van der Waals surface area contributed by atoms with Crippen LogP contribution in [0.5, 0.6) is 0 Å². The van der Waals surface area contributed by atoms with Crippen molar-refractivity contribution in [3.05, 3.63) is 64.4 Å². The largest absolute Gasteiger partial charge is 0.349 e. The molecule has 2 amide bonds. The van der Waals surface area contributed by atoms with E-state index in [2.05, 4.69) is 5.32 Å². The summed E-state index contributed by atoms with van der Waals surface area (Å²) in [7, 11) is 0. The lowest BCUT2D eigenvalue weighted by Gasteiger charge is -2.31. The number of likely N-dealkylation sites (tertiary alicyclic amines) is 1. The Morgan fingerprint density at radius 2 is 1.88 bits per heavy atom. The van der Waals surface area contributed by atoms with Gasteiger partial charge in [0.1, 0.15) is 0 Å². The average molecular weight is 369 g/mol. The van der Waals surface area contributed by atoms with Gasteiger partial charge in [-0.25, -0.2) is 0 Å². The maximum absolute atomic E-state index is 12.5. The maximum atomic E-state index is 12.5. The Hall–Kier alpha value is -2.40. The number of benzene rings is 1. The number of piperidine rings is 1. The summed E-state index contributed by atoms with van der Waals surface area (Å²) in [5.41, 5.74) is 1.01. The molecule has 26 heavy (non-hydrogen) atoms. The van der Waals surface area contributed by atoms with Crippen LogP contribution in [0.25, 0.3) is 6.08 Å². The number of nitrogens with zero attached hydrogens (tertiary/aromatic N) is 1. The van der Waals surface area contributed by atoms with Crippen LogP contribution in [0.15, 0.2) is 53.9 Å². The summed E-state index contributed by atoms with van der Waals surface area (Å²) in [5.74, 6) is 0.0945. The smallest absolute Gasteiger partial charge is 0.246 e. The first kappa shape index (κ1) is 18.4. The van der Waals surface area contributed by atoms with Crippen molar-refractivity contribution >= 4 is 29.2 Å². The van der Waals surface area contributed by atoms with Gasteiger partial charge < -0.3 is 10.2 Å². The zero-order valence-corrected chi connectivity index (χ0v) is 15.7. The van der Waals surface area contributed by atoms with Gasteiger partial charge in [0.25, 0.3) is 0 Å². The zero-order valence-electron chi connectivity index (χ0n) is 14.9. The van der Waals surface area contributed by atoms with Crippen molar-refractivity contribution in [2.45, 2.75) is 25.8 Å². The first-order valence-electron chi connectivity index (χ1n) is 8.99. The molecule has 0 bridgehead atoms. The lowest BCUT2D eigenvalue weighted by Crippen LogP contribution is -2.42. The highest BCUT2D eigenvalue weighted by atomic mass is 32.1. The van der Waals surface area contributed by atoms with Gasteiger partial charge in [0.2, 0.25) is 11.8 Å². The molecule has 1 aromatic carbocycles. The van der Waals surface area contributed by atoms with Crippen LogP contribution in [0.3, 0.4) is 0 Å². The van der Waals surface area contributed by atoms with E-state index in [-0.39, 0.29) is 23.8 Å². The van der Waals surface area contributed by atoms with Crippen molar-refractivity contribution in [1.29, 1.82) is 0 Å². The van der Waals surface area contributed by atoms with Crippen LogP contribution in [0, 0.1) is 5.92 Å². The lowest BCUT2D eigenvalue weighted by atomic mass is 9.95. The fourth-order valence-corrected chi connectivity index (χ4v) is 3.87. The van der Waals surface area contributed by atoms with E-state index in [9.17, 15) is 9.59 Å². The summed E-state index contributed by atoms with van der Waals surface area (Å²) in [6, 6.07) is 13.9. The quantitative estimate of drug-likeness (QED) is 0.814. The van der Waals surface area contributed by atoms with Crippen LogP contribution in [0.4, 0.5) is 0 Å². The van der Waals surface area contributed by atoms with E-state index in [1.807, 2.05) is 65.7 Å². The molecule has 1 aromatic heterocycles. The Kier molecular flexibility index (Phi) is 6.23. The van der Waals surface area contributed by atoms with Gasteiger partial charge in [-0.15, -0.1) is 11.3 Å². The molecule has 1 fully saturated rings. The highest BCUT2D eigenvalue weighted by Gasteiger charge is 2.27. The molecule has 0 saturated carbocycles. The Morgan fingerprint density at radius 3 is 2.54 bits per heavy atom. The molecule has 1 unspecified atom stereocenters. The van der Waals surface area contributed by atoms with Gasteiger partial charge in [-0.1, -0.05) is 36.4 Å². The van der Waals surface area contributed by atoms with Crippen molar-refractivity contribution in [3.63, 3.8) is 0 Å². The molecule has 1 saturated heterocycles. The van der Waals surface area contributed by atoms with Gasteiger partial charge in [-0.3, -0.25) is 9.59 Å². The van der Waals surface area contributed by atoms with Gasteiger partial charge in [0.05, 0.1) is 6.04 Å². The molecule has 0 radical (unpaired) electrons. The second kappa shape index (κ2) is 8.81. The number of carbonyl (C=O) groups is 2. The number of nitrogens with one attached hydrogen (secondary N) is 1. The Balaban J connectivity index is 1.47. The van der Waals surface area contributed by atoms with E-state index in [4.69, 9.17) is 0 Å². The minimum atomic E-state index is -0.0143. The first-order valence-corrected chi connectivity index (χ1v) is 9.87. The van der Waals surface area contributed by atoms with Crippen LogP contribution in [-0.4, -0.2) is 29.8 Å². The van der Waals surface area contributed by atoms with E-state index in [1.54, 1.807) is 17.4 Å². The second-order valence-electron chi connectivity index (χ2n) is 6.59. The molecule has 2 aromatic rings. The summed E-state index contributed by atoms with van der Waals surface area (Å²) in [4.78, 5) is 27.8. The Labute approximate surface area is 158 Å². The first-order chi connectivity index (χ1) is 12.6. The van der Waals surface area contributed by atoms with Crippen molar-refractivity contribution in [1.82, 2.24) is 10.2 Å². The third-order valence-electron chi connectivity index (χ3n) is 4.72. The predicted octanol–water partition coefficient (Wildman–Crippen LogP) is 3.88. The molecule has 3 rings (SSSR count). The minimum Gasteiger partial charge on any atom is -0.349 e. The maximum Gasteiger partial charge on any atom is 0.246 e. The molecule has 1 aliphatic rings. The topological polar surface area (TPSA) is 49.4 Å². The summed E-state index contributed by atoms with van der Waals surface area (Å²) < 4.78 is 0. The molecule has 136 valence electrons. The molecule has 1 aliphatic heterocycles. The van der Waals surface area contributed by atoms with Gasteiger partial charge in [0, 0.05) is 30.0 Å². The molecule has 1 atom stereocenters. The average Bonchev–Trinajstić information content (AvgIpc) is 3.22. The normalized spacial score (nSPS) is 16.6. The van der Waals surface area contributed by atoms with Crippen molar-refractivity contribution in [2.24, 2.45) is 5.92 Å². The third kappa shape index (κ3) is 4.82. The molecule has 4 nitrogen and oxygen atoms in total. The number of rotatable bonds is 5. The third-order valence-corrected chi connectivity index (χ3v) is 5.78. The van der Waals surface area contributed by atoms with E-state index in [0.29, 0.717) is 25.9 Å². The number of carbonyl (C=O) groups excluding carboxylic acids is 2. The molecule has 2 heterocycles. The number of hydrogen-bond acceptors (Lipinski definition) is 3. The molecule has 5 heteroatoms. The van der Waals surface area contributed by atoms with E-state index < -0.39 is 0 Å². The SMILES string of the molecule is CC(NC(=O)C1CCN(C(=O)/C=C/c2ccccc2)CC1)c1cccs1. The van der Waals surface area contributed by atoms with Crippen molar-refractivity contribution < 1.29 is 9.59 Å². The van der Waals surface area contributed by atoms with Crippen LogP contribution in [0.1, 0.15) is 36.2 Å². The predicted molar refractivity (Wildman–Crippen MR) is 106 cm³/mol. The monoisotopic (exact) mass is 368 g/mol. The Morgan fingerprint density at radius 1 is 1.15 bits per heavy atom. The number of thiophene rings is 1. The van der Waals surface area contributed by atoms with Crippen molar-refractivity contribution in [2.75, 3.05) is 13.1 Å².